The van der Waals surface area contributed by atoms with Crippen molar-refractivity contribution in [1.29, 1.82) is 0 Å². The molecule has 5 heteroatoms. The number of benzene rings is 3. The first kappa shape index (κ1) is 18.2. The average Bonchev–Trinajstić information content (AvgIpc) is 2.50. The van der Waals surface area contributed by atoms with Crippen LogP contribution in [0.4, 0.5) is 0 Å². The zero-order chi connectivity index (χ0) is 15.7. The van der Waals surface area contributed by atoms with E-state index in [1.807, 2.05) is 42.5 Å². The van der Waals surface area contributed by atoms with Crippen molar-refractivity contribution in [3.8, 4) is 0 Å². The van der Waals surface area contributed by atoms with Crippen molar-refractivity contribution in [2.75, 3.05) is 6.61 Å². The molecule has 114 valence electrons. The van der Waals surface area contributed by atoms with Gasteiger partial charge in [0.25, 0.3) is 10.1 Å². The molecule has 0 aliphatic heterocycles. The van der Waals surface area contributed by atoms with Gasteiger partial charge in [-0.25, -0.2) is 0 Å². The number of rotatable bonds is 4. The van der Waals surface area contributed by atoms with Gasteiger partial charge < -0.3 is 1.43 Å². The molecule has 0 aromatic heterocycles. The number of hydrogen-bond acceptors (Lipinski definition) is 3. The van der Waals surface area contributed by atoms with E-state index in [0.717, 1.165) is 16.2 Å². The van der Waals surface area contributed by atoms with Gasteiger partial charge >= 0.3 is 29.6 Å². The molecule has 0 saturated heterocycles. The second-order valence-corrected chi connectivity index (χ2v) is 6.93. The second kappa shape index (κ2) is 7.16. The Morgan fingerprint density at radius 1 is 1.04 bits per heavy atom. The first-order valence-electron chi connectivity index (χ1n) is 6.93. The molecule has 0 aliphatic rings. The molecule has 0 aliphatic carbocycles. The van der Waals surface area contributed by atoms with Gasteiger partial charge in [0.1, 0.15) is 4.90 Å². The van der Waals surface area contributed by atoms with Crippen LogP contribution in [0.5, 0.6) is 0 Å². The summed E-state index contributed by atoms with van der Waals surface area (Å²) in [5.41, 5.74) is 0.661. The van der Waals surface area contributed by atoms with Gasteiger partial charge in [-0.1, -0.05) is 48.6 Å². The Kier molecular flexibility index (Phi) is 5.65. The van der Waals surface area contributed by atoms with Crippen molar-refractivity contribution in [1.82, 2.24) is 0 Å². The maximum absolute atomic E-state index is 12.4. The van der Waals surface area contributed by atoms with E-state index >= 15 is 0 Å². The van der Waals surface area contributed by atoms with Crippen molar-refractivity contribution in [2.24, 2.45) is 0 Å². The molecule has 0 radical (unpaired) electrons. The summed E-state index contributed by atoms with van der Waals surface area (Å²) in [5, 5.41) is 3.62. The number of fused-ring (bicyclic) bond motifs is 2. The largest absolute Gasteiger partial charge is 1.00 e. The Balaban J connectivity index is 0.00000144. The summed E-state index contributed by atoms with van der Waals surface area (Å²) >= 11 is 0. The summed E-state index contributed by atoms with van der Waals surface area (Å²) in [6.45, 7) is 5.39. The summed E-state index contributed by atoms with van der Waals surface area (Å²) in [4.78, 5) is 0.192. The molecule has 0 N–H and O–H groups in total. The molecule has 3 rings (SSSR count). The Morgan fingerprint density at radius 2 is 1.65 bits per heavy atom. The fourth-order valence-corrected chi connectivity index (χ4v) is 3.57. The van der Waals surface area contributed by atoms with Gasteiger partial charge in [0.15, 0.2) is 0 Å². The minimum absolute atomic E-state index is 0. The molecule has 3 aromatic carbocycles. The van der Waals surface area contributed by atoms with E-state index in [1.165, 1.54) is 0 Å². The van der Waals surface area contributed by atoms with Crippen LogP contribution in [0.1, 0.15) is 8.35 Å². The third-order valence-electron chi connectivity index (χ3n) is 3.44. The third kappa shape index (κ3) is 3.84. The molecule has 0 unspecified atom stereocenters. The van der Waals surface area contributed by atoms with Crippen LogP contribution in [0.15, 0.2) is 71.6 Å². The quantitative estimate of drug-likeness (QED) is 0.313. The van der Waals surface area contributed by atoms with Crippen LogP contribution >= 0.6 is 0 Å². The molecule has 23 heavy (non-hydrogen) atoms. The van der Waals surface area contributed by atoms with E-state index in [-0.39, 0.29) is 42.5 Å². The van der Waals surface area contributed by atoms with E-state index in [9.17, 15) is 8.42 Å². The summed E-state index contributed by atoms with van der Waals surface area (Å²) in [5.74, 6) is 0. The Bertz CT molecular complexity index is 984. The van der Waals surface area contributed by atoms with Crippen LogP contribution in [0.25, 0.3) is 21.5 Å². The van der Waals surface area contributed by atoms with Crippen LogP contribution in [-0.4, -0.2) is 15.0 Å². The third-order valence-corrected chi connectivity index (χ3v) is 4.76. The molecule has 0 atom stereocenters. The predicted octanol–water partition coefficient (Wildman–Crippen LogP) is 1.39. The van der Waals surface area contributed by atoms with Gasteiger partial charge in [-0.3, -0.25) is 4.18 Å². The Labute approximate surface area is 159 Å². The fraction of sp³-hybridized carbons (Fsp3) is 0.111. The Morgan fingerprint density at radius 3 is 2.30 bits per heavy atom. The van der Waals surface area contributed by atoms with E-state index in [1.54, 1.807) is 19.1 Å². The second-order valence-electron chi connectivity index (χ2n) is 5.35. The van der Waals surface area contributed by atoms with E-state index in [2.05, 4.69) is 6.58 Å². The summed E-state index contributed by atoms with van der Waals surface area (Å²) < 4.78 is 29.9. The molecular weight excluding hydrogens is 319 g/mol. The summed E-state index contributed by atoms with van der Waals surface area (Å²) in [6, 6.07) is 17.0. The summed E-state index contributed by atoms with van der Waals surface area (Å²) in [7, 11) is -3.81. The number of hydrogen-bond donors (Lipinski definition) is 0. The van der Waals surface area contributed by atoms with Gasteiger partial charge in [0, 0.05) is 5.39 Å². The standard InChI is InChI=1S/C18H16O3S.Na.H/c1-13(2)12-21-22(19,20)18-9-5-8-16-10-14-6-3-4-7-15(14)11-17(16)18;;/h3-11H,1,12H2,2H3;;/q;+1;-1. The van der Waals surface area contributed by atoms with Gasteiger partial charge in [-0.2, -0.15) is 8.42 Å². The maximum Gasteiger partial charge on any atom is 1.00 e. The molecular formula is C18H17NaO3S. The minimum Gasteiger partial charge on any atom is -1.00 e. The smallest absolute Gasteiger partial charge is 1.00 e. The van der Waals surface area contributed by atoms with E-state index in [0.29, 0.717) is 11.0 Å². The first-order valence-corrected chi connectivity index (χ1v) is 8.33. The van der Waals surface area contributed by atoms with Crippen molar-refractivity contribution < 1.29 is 43.6 Å². The van der Waals surface area contributed by atoms with Crippen molar-refractivity contribution in [2.45, 2.75) is 11.8 Å². The van der Waals surface area contributed by atoms with E-state index < -0.39 is 10.1 Å². The zero-order valence-electron chi connectivity index (χ0n) is 14.2. The van der Waals surface area contributed by atoms with E-state index in [4.69, 9.17) is 4.18 Å². The molecule has 0 fully saturated rings. The van der Waals surface area contributed by atoms with Gasteiger partial charge in [-0.15, -0.1) is 0 Å². The topological polar surface area (TPSA) is 43.4 Å². The maximum atomic E-state index is 12.4. The fourth-order valence-electron chi connectivity index (χ4n) is 2.40. The zero-order valence-corrected chi connectivity index (χ0v) is 16.1. The first-order chi connectivity index (χ1) is 10.5. The normalized spacial score (nSPS) is 11.3. The molecule has 0 saturated carbocycles. The molecule has 0 spiro atoms. The Hall–Kier alpha value is -1.17. The predicted molar refractivity (Wildman–Crippen MR) is 90.5 cm³/mol. The van der Waals surface area contributed by atoms with Gasteiger partial charge in [0.05, 0.1) is 6.61 Å². The molecule has 0 bridgehead atoms. The van der Waals surface area contributed by atoms with Crippen molar-refractivity contribution >= 4 is 31.7 Å². The van der Waals surface area contributed by atoms with Gasteiger partial charge in [-0.05, 0) is 41.3 Å². The van der Waals surface area contributed by atoms with Crippen LogP contribution in [0, 0.1) is 0 Å². The van der Waals surface area contributed by atoms with Crippen LogP contribution in [-0.2, 0) is 14.3 Å². The molecule has 0 amide bonds. The van der Waals surface area contributed by atoms with Gasteiger partial charge in [0.2, 0.25) is 0 Å². The molecule has 3 nitrogen and oxygen atoms in total. The monoisotopic (exact) mass is 336 g/mol. The van der Waals surface area contributed by atoms with Crippen LogP contribution in [0.3, 0.4) is 0 Å². The SMILES string of the molecule is C=C(C)COS(=O)(=O)c1cccc2cc3ccccc3cc12.[H-].[Na+]. The average molecular weight is 336 g/mol. The van der Waals surface area contributed by atoms with Crippen LogP contribution in [0.2, 0.25) is 0 Å². The molecule has 3 aromatic rings. The minimum atomic E-state index is -3.81. The molecule has 0 heterocycles. The van der Waals surface area contributed by atoms with Crippen molar-refractivity contribution in [3.05, 3.63) is 66.7 Å². The van der Waals surface area contributed by atoms with Crippen LogP contribution < -0.4 is 29.6 Å². The summed E-state index contributed by atoms with van der Waals surface area (Å²) in [6.07, 6.45) is 0. The van der Waals surface area contributed by atoms with Crippen molar-refractivity contribution in [3.63, 3.8) is 0 Å².